The van der Waals surface area contributed by atoms with Gasteiger partial charge in [-0.3, -0.25) is 4.79 Å². The van der Waals surface area contributed by atoms with Crippen LogP contribution in [0.2, 0.25) is 0 Å². The molecule has 1 N–H and O–H groups in total. The number of benzene rings is 1. The molecule has 0 spiro atoms. The number of thiophene rings is 1. The Morgan fingerprint density at radius 2 is 2.00 bits per heavy atom. The number of methoxy groups -OCH3 is 1. The zero-order valence-corrected chi connectivity index (χ0v) is 15.5. The van der Waals surface area contributed by atoms with E-state index >= 15 is 0 Å². The lowest BCUT2D eigenvalue weighted by atomic mass is 10.2. The molecule has 1 amide bonds. The van der Waals surface area contributed by atoms with Crippen molar-refractivity contribution in [3.8, 4) is 5.75 Å². The van der Waals surface area contributed by atoms with Crippen molar-refractivity contribution in [2.24, 2.45) is 0 Å². The number of fused-ring (bicyclic) bond motifs is 1. The zero-order chi connectivity index (χ0) is 18.7. The van der Waals surface area contributed by atoms with Gasteiger partial charge >= 0.3 is 5.97 Å². The third-order valence-electron chi connectivity index (χ3n) is 3.74. The quantitative estimate of drug-likeness (QED) is 0.686. The smallest absolute Gasteiger partial charge is 0.348 e. The van der Waals surface area contributed by atoms with Crippen LogP contribution in [0.5, 0.6) is 5.75 Å². The van der Waals surface area contributed by atoms with Crippen LogP contribution in [0.15, 0.2) is 36.4 Å². The van der Waals surface area contributed by atoms with E-state index < -0.39 is 0 Å². The summed E-state index contributed by atoms with van der Waals surface area (Å²) >= 11 is 1.19. The number of pyridine rings is 1. The number of hydrogen-bond donors (Lipinski definition) is 1. The molecule has 2 aromatic heterocycles. The first-order valence-corrected chi connectivity index (χ1v) is 8.87. The number of carbonyl (C=O) groups excluding carboxylic acids is 2. The van der Waals surface area contributed by atoms with E-state index in [0.29, 0.717) is 27.7 Å². The van der Waals surface area contributed by atoms with Gasteiger partial charge < -0.3 is 14.8 Å². The molecule has 3 rings (SSSR count). The van der Waals surface area contributed by atoms with Crippen LogP contribution < -0.4 is 10.1 Å². The Morgan fingerprint density at radius 3 is 2.73 bits per heavy atom. The van der Waals surface area contributed by atoms with Crippen LogP contribution in [-0.2, 0) is 4.74 Å². The van der Waals surface area contributed by atoms with E-state index in [2.05, 4.69) is 10.3 Å². The molecule has 0 bridgehead atoms. The van der Waals surface area contributed by atoms with Crippen molar-refractivity contribution in [1.29, 1.82) is 0 Å². The van der Waals surface area contributed by atoms with Crippen molar-refractivity contribution in [3.63, 3.8) is 0 Å². The molecule has 7 heteroatoms. The molecule has 0 fully saturated rings. The van der Waals surface area contributed by atoms with E-state index in [1.165, 1.54) is 11.3 Å². The highest BCUT2D eigenvalue weighted by Gasteiger charge is 2.17. The van der Waals surface area contributed by atoms with Crippen LogP contribution in [0.25, 0.3) is 10.9 Å². The van der Waals surface area contributed by atoms with Crippen LogP contribution in [0.4, 0.5) is 5.00 Å². The number of nitrogens with one attached hydrogen (secondary N) is 1. The lowest BCUT2D eigenvalue weighted by molar-refractivity contribution is 0.0531. The Hall–Kier alpha value is -2.93. The molecule has 0 aliphatic rings. The lowest BCUT2D eigenvalue weighted by Crippen LogP contribution is -2.12. The van der Waals surface area contributed by atoms with Crippen molar-refractivity contribution in [3.05, 3.63) is 52.5 Å². The fourth-order valence-electron chi connectivity index (χ4n) is 2.48. The van der Waals surface area contributed by atoms with Gasteiger partial charge in [0.25, 0.3) is 5.91 Å². The first-order chi connectivity index (χ1) is 12.5. The molecule has 0 aliphatic carbocycles. The summed E-state index contributed by atoms with van der Waals surface area (Å²) in [6, 6.07) is 10.7. The average Bonchev–Trinajstić information content (AvgIpc) is 3.01. The summed E-state index contributed by atoms with van der Waals surface area (Å²) in [5, 5.41) is 4.25. The van der Waals surface area contributed by atoms with Crippen LogP contribution in [0.1, 0.15) is 32.6 Å². The van der Waals surface area contributed by atoms with E-state index in [0.717, 1.165) is 16.7 Å². The highest BCUT2D eigenvalue weighted by Crippen LogP contribution is 2.28. The summed E-state index contributed by atoms with van der Waals surface area (Å²) in [7, 11) is 1.60. The standard InChI is InChI=1S/C19H18N2O4S/c1-4-25-19(23)17-11(2)9-16(26-17)21-18(22)15-7-5-12-10-13(24-3)6-8-14(12)20-15/h5-10H,4H2,1-3H3,(H,21,22). The van der Waals surface area contributed by atoms with Crippen LogP contribution in [-0.4, -0.2) is 30.6 Å². The minimum atomic E-state index is -0.381. The Labute approximate surface area is 154 Å². The fraction of sp³-hybridized carbons (Fsp3) is 0.211. The number of hydrogen-bond acceptors (Lipinski definition) is 6. The van der Waals surface area contributed by atoms with E-state index in [4.69, 9.17) is 9.47 Å². The van der Waals surface area contributed by atoms with Crippen molar-refractivity contribution >= 4 is 39.1 Å². The minimum Gasteiger partial charge on any atom is -0.497 e. The number of carbonyl (C=O) groups is 2. The summed E-state index contributed by atoms with van der Waals surface area (Å²) in [6.07, 6.45) is 0. The third kappa shape index (κ3) is 3.67. The number of esters is 1. The predicted molar refractivity (Wildman–Crippen MR) is 101 cm³/mol. The molecule has 1 aromatic carbocycles. The highest BCUT2D eigenvalue weighted by molar-refractivity contribution is 7.18. The van der Waals surface area contributed by atoms with Gasteiger partial charge in [0.1, 0.15) is 16.3 Å². The molecule has 0 radical (unpaired) electrons. The van der Waals surface area contributed by atoms with Crippen molar-refractivity contribution in [2.45, 2.75) is 13.8 Å². The maximum absolute atomic E-state index is 12.5. The number of amides is 1. The second-order valence-electron chi connectivity index (χ2n) is 5.55. The Kier molecular flexibility index (Phi) is 5.18. The summed E-state index contributed by atoms with van der Waals surface area (Å²) in [6.45, 7) is 3.87. The molecule has 0 saturated carbocycles. The number of aryl methyl sites for hydroxylation is 1. The number of rotatable bonds is 5. The van der Waals surface area contributed by atoms with Gasteiger partial charge in [0.05, 0.1) is 24.2 Å². The molecule has 0 aliphatic heterocycles. The van der Waals surface area contributed by atoms with E-state index in [1.54, 1.807) is 45.2 Å². The SMILES string of the molecule is CCOC(=O)c1sc(NC(=O)c2ccc3cc(OC)ccc3n2)cc1C. The largest absolute Gasteiger partial charge is 0.497 e. The van der Waals surface area contributed by atoms with Crippen LogP contribution in [0.3, 0.4) is 0 Å². The molecule has 0 unspecified atom stereocenters. The highest BCUT2D eigenvalue weighted by atomic mass is 32.1. The van der Waals surface area contributed by atoms with Gasteiger partial charge in [0.15, 0.2) is 0 Å². The number of ether oxygens (including phenoxy) is 2. The van der Waals surface area contributed by atoms with Gasteiger partial charge in [0.2, 0.25) is 0 Å². The monoisotopic (exact) mass is 370 g/mol. The lowest BCUT2D eigenvalue weighted by Gasteiger charge is -2.05. The van der Waals surface area contributed by atoms with Crippen molar-refractivity contribution in [1.82, 2.24) is 4.98 Å². The molecular formula is C19H18N2O4S. The van der Waals surface area contributed by atoms with Gasteiger partial charge in [-0.2, -0.15) is 0 Å². The minimum absolute atomic E-state index is 0.298. The Morgan fingerprint density at radius 1 is 1.19 bits per heavy atom. The first kappa shape index (κ1) is 17.9. The van der Waals surface area contributed by atoms with E-state index in [1.807, 2.05) is 12.1 Å². The van der Waals surface area contributed by atoms with Crippen molar-refractivity contribution in [2.75, 3.05) is 19.0 Å². The predicted octanol–water partition coefficient (Wildman–Crippen LogP) is 4.04. The normalized spacial score (nSPS) is 10.6. The molecule has 134 valence electrons. The maximum atomic E-state index is 12.5. The molecule has 2 heterocycles. The molecule has 3 aromatic rings. The maximum Gasteiger partial charge on any atom is 0.348 e. The molecular weight excluding hydrogens is 352 g/mol. The number of nitrogens with zero attached hydrogens (tertiary/aromatic N) is 1. The van der Waals surface area contributed by atoms with E-state index in [-0.39, 0.29) is 11.9 Å². The first-order valence-electron chi connectivity index (χ1n) is 8.05. The zero-order valence-electron chi connectivity index (χ0n) is 14.7. The molecule has 0 atom stereocenters. The molecule has 0 saturated heterocycles. The summed E-state index contributed by atoms with van der Waals surface area (Å²) in [4.78, 5) is 29.2. The number of aromatic nitrogens is 1. The summed E-state index contributed by atoms with van der Waals surface area (Å²) < 4.78 is 10.2. The average molecular weight is 370 g/mol. The van der Waals surface area contributed by atoms with Crippen LogP contribution in [0, 0.1) is 6.92 Å². The topological polar surface area (TPSA) is 77.5 Å². The second kappa shape index (κ2) is 7.53. The van der Waals surface area contributed by atoms with Crippen LogP contribution >= 0.6 is 11.3 Å². The van der Waals surface area contributed by atoms with Gasteiger partial charge in [-0.1, -0.05) is 6.07 Å². The Balaban J connectivity index is 1.81. The summed E-state index contributed by atoms with van der Waals surface area (Å²) in [5.41, 5.74) is 1.77. The fourth-order valence-corrected chi connectivity index (χ4v) is 3.44. The summed E-state index contributed by atoms with van der Waals surface area (Å²) in [5.74, 6) is 0.0183. The van der Waals surface area contributed by atoms with Gasteiger partial charge in [-0.05, 0) is 49.7 Å². The number of anilines is 1. The second-order valence-corrected chi connectivity index (χ2v) is 6.60. The molecule has 26 heavy (non-hydrogen) atoms. The van der Waals surface area contributed by atoms with Gasteiger partial charge in [0, 0.05) is 5.39 Å². The van der Waals surface area contributed by atoms with Gasteiger partial charge in [-0.15, -0.1) is 11.3 Å². The van der Waals surface area contributed by atoms with Crippen molar-refractivity contribution < 1.29 is 19.1 Å². The molecule has 6 nitrogen and oxygen atoms in total. The van der Waals surface area contributed by atoms with E-state index in [9.17, 15) is 9.59 Å². The van der Waals surface area contributed by atoms with Gasteiger partial charge in [-0.25, -0.2) is 9.78 Å². The Bertz CT molecular complexity index is 981. The third-order valence-corrected chi connectivity index (χ3v) is 4.88.